The highest BCUT2D eigenvalue weighted by Crippen LogP contribution is 2.35. The standard InChI is InChI=1S/C50H76N16O13/c1-63-11-13-64(14-12-63)27-7-10-31-32(17-27)58-47(57-31)24-5-8-28(9-6-24)73-16-15-65-21-25(59-61-65)3-2-4-26-22-66(62-60-26)23-35-45(78-49-37(56)42(71)40(69)34(20-52)75-49)43(72)50(76-35)79-46-38(67)29(53)18-30(54)44(46)77-48-36(55)41(70)39(68)33(19-51)74-48/h5-10,17,21-22,29-30,33-46,48-50,67-72H,2-4,11-16,18-20,23,51-56H2,1H3,(H,57,58)/t29-,30?,33?,34+,35-,36?,37?,38?,39-,40-,41-,42?,43+,44-,45+,46-,48-,49-,50?/m1/s1. The number of hydrogen-bond donors (Lipinski definition) is 13. The molecule has 4 saturated heterocycles. The van der Waals surface area contributed by atoms with E-state index in [9.17, 15) is 30.6 Å². The molecule has 2 aromatic carbocycles. The number of hydrogen-bond acceptors (Lipinski definition) is 26. The number of imidazole rings is 1. The Balaban J connectivity index is 0.734. The number of piperazine rings is 1. The summed E-state index contributed by atoms with van der Waals surface area (Å²) in [4.78, 5) is 13.1. The lowest BCUT2D eigenvalue weighted by molar-refractivity contribution is -0.306. The lowest BCUT2D eigenvalue weighted by atomic mass is 9.84. The van der Waals surface area contributed by atoms with E-state index in [0.29, 0.717) is 38.1 Å². The molecular weight excluding hydrogens is 1030 g/mol. The zero-order chi connectivity index (χ0) is 55.6. The van der Waals surface area contributed by atoms with Crippen LogP contribution in [0.4, 0.5) is 5.69 Å². The van der Waals surface area contributed by atoms with Gasteiger partial charge in [0.05, 0.1) is 53.7 Å². The van der Waals surface area contributed by atoms with Crippen LogP contribution in [-0.2, 0) is 54.4 Å². The third-order valence-corrected chi connectivity index (χ3v) is 15.6. The number of rotatable bonds is 20. The average Bonchev–Trinajstić information content (AvgIpc) is 4.29. The number of fused-ring (bicyclic) bond motifs is 1. The second kappa shape index (κ2) is 25.0. The Labute approximate surface area is 454 Å². The molecule has 5 fully saturated rings. The van der Waals surface area contributed by atoms with Gasteiger partial charge in [0.25, 0.3) is 0 Å². The van der Waals surface area contributed by atoms with E-state index in [1.54, 1.807) is 10.9 Å². The molecular formula is C50H76N16O13. The second-order valence-corrected chi connectivity index (χ2v) is 21.3. The van der Waals surface area contributed by atoms with Gasteiger partial charge in [0.2, 0.25) is 0 Å². The molecule has 10 rings (SSSR count). The van der Waals surface area contributed by atoms with Gasteiger partial charge in [-0.25, -0.2) is 14.3 Å². The molecule has 0 radical (unpaired) electrons. The number of aryl methyl sites for hydroxylation is 2. The van der Waals surface area contributed by atoms with Crippen LogP contribution in [-0.4, -0.2) is 245 Å². The minimum Gasteiger partial charge on any atom is -0.492 e. The van der Waals surface area contributed by atoms with Crippen LogP contribution in [0.15, 0.2) is 54.9 Å². The van der Waals surface area contributed by atoms with Crippen molar-refractivity contribution < 1.29 is 63.8 Å². The Bertz CT molecular complexity index is 2730. The number of H-pyrrole nitrogens is 1. The summed E-state index contributed by atoms with van der Waals surface area (Å²) in [7, 11) is 2.15. The van der Waals surface area contributed by atoms with E-state index in [2.05, 4.69) is 60.7 Å². The quantitative estimate of drug-likeness (QED) is 0.0346. The van der Waals surface area contributed by atoms with Crippen molar-refractivity contribution >= 4 is 16.7 Å². The predicted molar refractivity (Wildman–Crippen MR) is 280 cm³/mol. The Morgan fingerprint density at radius 1 is 0.646 bits per heavy atom. The fourth-order valence-corrected chi connectivity index (χ4v) is 10.8. The van der Waals surface area contributed by atoms with Crippen LogP contribution < -0.4 is 44.0 Å². The van der Waals surface area contributed by atoms with Crippen LogP contribution in [0.5, 0.6) is 5.75 Å². The van der Waals surface area contributed by atoms with Gasteiger partial charge in [0.1, 0.15) is 85.3 Å². The van der Waals surface area contributed by atoms with Crippen molar-refractivity contribution in [2.45, 2.75) is 155 Å². The van der Waals surface area contributed by atoms with Gasteiger partial charge in [-0.3, -0.25) is 0 Å². The number of aromatic nitrogens is 8. The third-order valence-electron chi connectivity index (χ3n) is 15.6. The smallest absolute Gasteiger partial charge is 0.187 e. The van der Waals surface area contributed by atoms with Crippen molar-refractivity contribution in [2.75, 3.05) is 57.8 Å². The number of aliphatic hydroxyl groups excluding tert-OH is 6. The van der Waals surface area contributed by atoms with Crippen LogP contribution in [0.3, 0.4) is 0 Å². The van der Waals surface area contributed by atoms with Gasteiger partial charge in [0, 0.05) is 75.0 Å². The zero-order valence-corrected chi connectivity index (χ0v) is 43.9. The van der Waals surface area contributed by atoms with Gasteiger partial charge in [0.15, 0.2) is 18.9 Å². The number of nitrogens with one attached hydrogen (secondary N) is 1. The highest BCUT2D eigenvalue weighted by Gasteiger charge is 2.54. The summed E-state index contributed by atoms with van der Waals surface area (Å²) < 4.78 is 46.1. The van der Waals surface area contributed by atoms with Gasteiger partial charge in [-0.15, -0.1) is 10.2 Å². The molecule has 0 amide bonds. The van der Waals surface area contributed by atoms with Gasteiger partial charge in [-0.05, 0) is 75.2 Å². The molecule has 3 aromatic heterocycles. The fourth-order valence-electron chi connectivity index (χ4n) is 10.8. The number of likely N-dealkylation sites (N-methyl/N-ethyl adjacent to an activating group) is 1. The van der Waals surface area contributed by atoms with Crippen LogP contribution in [0.2, 0.25) is 0 Å². The molecule has 29 nitrogen and oxygen atoms in total. The van der Waals surface area contributed by atoms with Crippen molar-refractivity contribution in [1.29, 1.82) is 0 Å². The molecule has 1 saturated carbocycles. The number of benzene rings is 2. The van der Waals surface area contributed by atoms with Crippen LogP contribution in [0, 0.1) is 0 Å². The molecule has 1 aliphatic carbocycles. The maximum absolute atomic E-state index is 11.9. The number of ether oxygens (including phenoxy) is 7. The molecule has 29 heteroatoms. The van der Waals surface area contributed by atoms with E-state index in [1.165, 1.54) is 10.4 Å². The number of aliphatic hydroxyl groups is 6. The summed E-state index contributed by atoms with van der Waals surface area (Å²) >= 11 is 0. The molecule has 5 aliphatic rings. The first kappa shape index (κ1) is 57.3. The molecule has 19 atom stereocenters. The van der Waals surface area contributed by atoms with E-state index >= 15 is 0 Å². The first-order chi connectivity index (χ1) is 38.0. The Hall–Kier alpha value is -4.97. The highest BCUT2D eigenvalue weighted by atomic mass is 16.8. The number of nitrogens with two attached hydrogens (primary N) is 6. The van der Waals surface area contributed by atoms with E-state index < -0.39 is 116 Å². The lowest BCUT2D eigenvalue weighted by Gasteiger charge is -2.47. The first-order valence-corrected chi connectivity index (χ1v) is 26.9. The van der Waals surface area contributed by atoms with Crippen molar-refractivity contribution in [2.24, 2.45) is 34.4 Å². The highest BCUT2D eigenvalue weighted by molar-refractivity contribution is 5.83. The first-order valence-electron chi connectivity index (χ1n) is 26.9. The van der Waals surface area contributed by atoms with E-state index in [0.717, 1.165) is 60.0 Å². The predicted octanol–water partition coefficient (Wildman–Crippen LogP) is -5.46. The molecule has 79 heavy (non-hydrogen) atoms. The van der Waals surface area contributed by atoms with Crippen LogP contribution in [0.1, 0.15) is 24.2 Å². The fraction of sp³-hybridized carbons (Fsp3) is 0.660. The van der Waals surface area contributed by atoms with Gasteiger partial charge in [-0.2, -0.15) is 0 Å². The van der Waals surface area contributed by atoms with Crippen LogP contribution >= 0.6 is 0 Å². The van der Waals surface area contributed by atoms with E-state index in [-0.39, 0.29) is 26.1 Å². The molecule has 19 N–H and O–H groups in total. The summed E-state index contributed by atoms with van der Waals surface area (Å²) in [5, 5.41) is 83.2. The summed E-state index contributed by atoms with van der Waals surface area (Å²) in [5.74, 6) is 1.52. The molecule has 0 spiro atoms. The number of nitrogens with zero attached hydrogens (tertiary/aromatic N) is 9. The van der Waals surface area contributed by atoms with Crippen molar-refractivity contribution in [3.05, 3.63) is 66.2 Å². The summed E-state index contributed by atoms with van der Waals surface area (Å²) in [6.45, 7) is 4.53. The topological polar surface area (TPSA) is 439 Å². The van der Waals surface area contributed by atoms with Gasteiger partial charge < -0.3 is 113 Å². The Kier molecular flexibility index (Phi) is 18.1. The monoisotopic (exact) mass is 1110 g/mol. The Morgan fingerprint density at radius 2 is 1.24 bits per heavy atom. The molecule has 434 valence electrons. The maximum Gasteiger partial charge on any atom is 0.187 e. The minimum atomic E-state index is -1.62. The molecule has 0 bridgehead atoms. The molecule has 7 heterocycles. The van der Waals surface area contributed by atoms with Gasteiger partial charge in [-0.1, -0.05) is 10.4 Å². The van der Waals surface area contributed by atoms with E-state index in [4.69, 9.17) is 72.5 Å². The van der Waals surface area contributed by atoms with Crippen molar-refractivity contribution in [3.63, 3.8) is 0 Å². The molecule has 7 unspecified atom stereocenters. The van der Waals surface area contributed by atoms with Crippen molar-refractivity contribution in [3.8, 4) is 17.1 Å². The third kappa shape index (κ3) is 12.7. The minimum absolute atomic E-state index is 0.0557. The summed E-state index contributed by atoms with van der Waals surface area (Å²) in [6.07, 6.45) is -14.7. The number of aromatic amines is 1. The molecule has 4 aliphatic heterocycles. The van der Waals surface area contributed by atoms with Crippen molar-refractivity contribution in [1.82, 2.24) is 44.9 Å². The number of anilines is 1. The maximum atomic E-state index is 11.9. The Morgan fingerprint density at radius 3 is 1.89 bits per heavy atom. The van der Waals surface area contributed by atoms with E-state index in [1.807, 2.05) is 30.5 Å². The largest absolute Gasteiger partial charge is 0.492 e. The second-order valence-electron chi connectivity index (χ2n) is 21.3. The lowest BCUT2D eigenvalue weighted by Crippen LogP contribution is -2.68. The summed E-state index contributed by atoms with van der Waals surface area (Å²) in [5.41, 5.74) is 42.5. The van der Waals surface area contributed by atoms with Gasteiger partial charge >= 0.3 is 0 Å². The molecule has 5 aromatic rings. The average molecular weight is 1110 g/mol. The SMILES string of the molecule is CN1CCN(c2ccc3nc(-c4ccc(OCCn5cc(CCCc6cn(C[C@H]7OC(O[C@@H]8C(O)[C@H](N)CC(N)[C@H]8O[C@H]8OC(CN)[C@@H](O)[C@H](O)C8N)[C@@H](O)[C@H]7O[C@H]7O[C@@H](CN)[C@@H](O)C(O)C7N)nn6)nn5)cc4)[nH]c3c2)CC1. The zero-order valence-electron chi connectivity index (χ0n) is 43.9. The normalized spacial score (nSPS) is 35.6. The van der Waals surface area contributed by atoms with Crippen LogP contribution in [0.25, 0.3) is 22.4 Å². The summed E-state index contributed by atoms with van der Waals surface area (Å²) in [6, 6.07) is 9.89.